The second-order valence-corrected chi connectivity index (χ2v) is 5.91. The fourth-order valence-electron chi connectivity index (χ4n) is 2.26. The van der Waals surface area contributed by atoms with E-state index in [2.05, 4.69) is 5.32 Å². The fraction of sp³-hybridized carbons (Fsp3) is 0.200. The largest absolute Gasteiger partial charge is 0.489 e. The first-order valence-electron chi connectivity index (χ1n) is 8.04. The summed E-state index contributed by atoms with van der Waals surface area (Å²) in [5, 5.41) is 11.9. The van der Waals surface area contributed by atoms with Gasteiger partial charge in [0.05, 0.1) is 0 Å². The average molecular weight is 336 g/mol. The quantitative estimate of drug-likeness (QED) is 0.648. The van der Waals surface area contributed by atoms with Gasteiger partial charge in [-0.05, 0) is 54.3 Å². The van der Waals surface area contributed by atoms with Gasteiger partial charge in [0, 0.05) is 6.04 Å². The number of benzene rings is 2. The second kappa shape index (κ2) is 7.63. The van der Waals surface area contributed by atoms with Crippen molar-refractivity contribution in [3.63, 3.8) is 0 Å². The van der Waals surface area contributed by atoms with Crippen molar-refractivity contribution in [1.82, 2.24) is 5.32 Å². The van der Waals surface area contributed by atoms with E-state index in [1.807, 2.05) is 6.07 Å². The van der Waals surface area contributed by atoms with Crippen molar-refractivity contribution in [2.24, 2.45) is 0 Å². The average Bonchev–Trinajstić information content (AvgIpc) is 3.43. The molecule has 0 aliphatic heterocycles. The fourth-order valence-corrected chi connectivity index (χ4v) is 2.26. The van der Waals surface area contributed by atoms with Crippen LogP contribution in [-0.4, -0.2) is 11.9 Å². The number of nitrogens with one attached hydrogen (secondary N) is 1. The SMILES string of the molecule is N#C/C(=C\c1ccc(OCc2cccc(F)c2)cc1)C(=O)NC1CC1. The minimum Gasteiger partial charge on any atom is -0.489 e. The molecule has 3 rings (SSSR count). The number of halogens is 1. The number of nitriles is 1. The Morgan fingerprint density at radius 3 is 2.68 bits per heavy atom. The van der Waals surface area contributed by atoms with Gasteiger partial charge in [-0.1, -0.05) is 24.3 Å². The van der Waals surface area contributed by atoms with E-state index in [1.54, 1.807) is 42.5 Å². The minimum atomic E-state index is -0.337. The van der Waals surface area contributed by atoms with Crippen LogP contribution < -0.4 is 10.1 Å². The van der Waals surface area contributed by atoms with Crippen molar-refractivity contribution in [2.45, 2.75) is 25.5 Å². The molecule has 0 spiro atoms. The summed E-state index contributed by atoms with van der Waals surface area (Å²) in [6.07, 6.45) is 3.50. The topological polar surface area (TPSA) is 62.1 Å². The highest BCUT2D eigenvalue weighted by molar-refractivity contribution is 6.01. The number of hydrogen-bond donors (Lipinski definition) is 1. The van der Waals surface area contributed by atoms with E-state index < -0.39 is 0 Å². The Morgan fingerprint density at radius 2 is 2.04 bits per heavy atom. The summed E-state index contributed by atoms with van der Waals surface area (Å²) in [5.41, 5.74) is 1.56. The van der Waals surface area contributed by atoms with Crippen LogP contribution in [0.3, 0.4) is 0 Å². The van der Waals surface area contributed by atoms with Crippen LogP contribution in [0.25, 0.3) is 6.08 Å². The van der Waals surface area contributed by atoms with Crippen LogP contribution >= 0.6 is 0 Å². The van der Waals surface area contributed by atoms with Crippen LogP contribution in [0.5, 0.6) is 5.75 Å². The third-order valence-electron chi connectivity index (χ3n) is 3.76. The smallest absolute Gasteiger partial charge is 0.262 e. The van der Waals surface area contributed by atoms with Crippen molar-refractivity contribution >= 4 is 12.0 Å². The van der Waals surface area contributed by atoms with Gasteiger partial charge in [0.15, 0.2) is 0 Å². The summed E-state index contributed by atoms with van der Waals surface area (Å²) in [6.45, 7) is 0.264. The molecular weight excluding hydrogens is 319 g/mol. The third kappa shape index (κ3) is 4.92. The van der Waals surface area contributed by atoms with Crippen molar-refractivity contribution < 1.29 is 13.9 Å². The van der Waals surface area contributed by atoms with Crippen LogP contribution in [0.15, 0.2) is 54.1 Å². The summed E-state index contributed by atoms with van der Waals surface area (Å²) in [4.78, 5) is 11.9. The third-order valence-corrected chi connectivity index (χ3v) is 3.76. The lowest BCUT2D eigenvalue weighted by Gasteiger charge is -2.07. The molecule has 1 aliphatic carbocycles. The van der Waals surface area contributed by atoms with Gasteiger partial charge >= 0.3 is 0 Å². The van der Waals surface area contributed by atoms with Crippen molar-refractivity contribution in [1.29, 1.82) is 5.26 Å². The molecular formula is C20H17FN2O2. The molecule has 1 N–H and O–H groups in total. The van der Waals surface area contributed by atoms with E-state index in [0.717, 1.165) is 24.0 Å². The molecule has 5 heteroatoms. The van der Waals surface area contributed by atoms with Crippen LogP contribution in [0.4, 0.5) is 4.39 Å². The second-order valence-electron chi connectivity index (χ2n) is 5.91. The Morgan fingerprint density at radius 1 is 1.28 bits per heavy atom. The Hall–Kier alpha value is -3.13. The molecule has 0 bridgehead atoms. The summed E-state index contributed by atoms with van der Waals surface area (Å²) in [6, 6.07) is 15.4. The van der Waals surface area contributed by atoms with E-state index in [1.165, 1.54) is 12.1 Å². The molecule has 1 aliphatic rings. The van der Waals surface area contributed by atoms with Gasteiger partial charge in [-0.2, -0.15) is 5.26 Å². The van der Waals surface area contributed by atoms with Gasteiger partial charge in [0.1, 0.15) is 29.8 Å². The maximum Gasteiger partial charge on any atom is 0.262 e. The lowest BCUT2D eigenvalue weighted by Crippen LogP contribution is -2.26. The van der Waals surface area contributed by atoms with Gasteiger partial charge < -0.3 is 10.1 Å². The Balaban J connectivity index is 1.61. The van der Waals surface area contributed by atoms with Crippen molar-refractivity contribution in [3.8, 4) is 11.8 Å². The van der Waals surface area contributed by atoms with Gasteiger partial charge in [-0.15, -0.1) is 0 Å². The van der Waals surface area contributed by atoms with Crippen LogP contribution in [-0.2, 0) is 11.4 Å². The molecule has 0 radical (unpaired) electrons. The minimum absolute atomic E-state index is 0.0836. The molecule has 126 valence electrons. The van der Waals surface area contributed by atoms with E-state index in [-0.39, 0.29) is 29.9 Å². The van der Waals surface area contributed by atoms with Gasteiger partial charge in [-0.3, -0.25) is 4.79 Å². The zero-order valence-electron chi connectivity index (χ0n) is 13.5. The molecule has 0 saturated heterocycles. The predicted octanol–water partition coefficient (Wildman–Crippen LogP) is 3.59. The van der Waals surface area contributed by atoms with E-state index in [9.17, 15) is 9.18 Å². The van der Waals surface area contributed by atoms with Gasteiger partial charge in [0.2, 0.25) is 0 Å². The first kappa shape index (κ1) is 16.7. The molecule has 0 heterocycles. The van der Waals surface area contributed by atoms with E-state index in [0.29, 0.717) is 5.75 Å². The number of hydrogen-bond acceptors (Lipinski definition) is 3. The van der Waals surface area contributed by atoms with Crippen LogP contribution in [0.2, 0.25) is 0 Å². The molecule has 0 unspecified atom stereocenters. The number of amides is 1. The zero-order chi connectivity index (χ0) is 17.6. The summed E-state index contributed by atoms with van der Waals surface area (Å²) in [5.74, 6) is -0.00567. The number of rotatable bonds is 6. The first-order valence-corrected chi connectivity index (χ1v) is 8.04. The maximum absolute atomic E-state index is 13.1. The number of ether oxygens (including phenoxy) is 1. The molecule has 4 nitrogen and oxygen atoms in total. The molecule has 25 heavy (non-hydrogen) atoms. The molecule has 2 aromatic rings. The van der Waals surface area contributed by atoms with Crippen LogP contribution in [0, 0.1) is 17.1 Å². The highest BCUT2D eigenvalue weighted by Crippen LogP contribution is 2.20. The standard InChI is InChI=1S/C20H17FN2O2/c21-17-3-1-2-15(11-17)13-25-19-8-4-14(5-9-19)10-16(12-22)20(24)23-18-6-7-18/h1-5,8-11,18H,6-7,13H2,(H,23,24)/b16-10+. The summed E-state index contributed by atoms with van der Waals surface area (Å²) in [7, 11) is 0. The van der Waals surface area contributed by atoms with E-state index in [4.69, 9.17) is 10.00 Å². The number of nitrogens with zero attached hydrogens (tertiary/aromatic N) is 1. The first-order chi connectivity index (χ1) is 12.1. The lowest BCUT2D eigenvalue weighted by molar-refractivity contribution is -0.117. The van der Waals surface area contributed by atoms with Crippen molar-refractivity contribution in [3.05, 3.63) is 71.0 Å². The molecule has 2 aromatic carbocycles. The van der Waals surface area contributed by atoms with Crippen molar-refractivity contribution in [2.75, 3.05) is 0 Å². The number of carbonyl (C=O) groups excluding carboxylic acids is 1. The van der Waals surface area contributed by atoms with E-state index >= 15 is 0 Å². The zero-order valence-corrected chi connectivity index (χ0v) is 13.5. The van der Waals surface area contributed by atoms with Gasteiger partial charge in [-0.25, -0.2) is 4.39 Å². The molecule has 0 aromatic heterocycles. The lowest BCUT2D eigenvalue weighted by atomic mass is 10.1. The molecule has 0 atom stereocenters. The Bertz CT molecular complexity index is 834. The maximum atomic E-state index is 13.1. The summed E-state index contributed by atoms with van der Waals surface area (Å²) >= 11 is 0. The van der Waals surface area contributed by atoms with Gasteiger partial charge in [0.25, 0.3) is 5.91 Å². The normalized spacial score (nSPS) is 13.8. The molecule has 1 amide bonds. The molecule has 1 fully saturated rings. The number of carbonyl (C=O) groups is 1. The Kier molecular flexibility index (Phi) is 5.10. The molecule has 1 saturated carbocycles. The summed E-state index contributed by atoms with van der Waals surface area (Å²) < 4.78 is 18.7. The highest BCUT2D eigenvalue weighted by Gasteiger charge is 2.24. The monoisotopic (exact) mass is 336 g/mol. The Labute approximate surface area is 145 Å². The van der Waals surface area contributed by atoms with Crippen LogP contribution in [0.1, 0.15) is 24.0 Å². The highest BCUT2D eigenvalue weighted by atomic mass is 19.1. The predicted molar refractivity (Wildman–Crippen MR) is 91.9 cm³/mol.